The van der Waals surface area contributed by atoms with Crippen molar-refractivity contribution >= 4 is 35.2 Å². The molecule has 0 aliphatic heterocycles. The van der Waals surface area contributed by atoms with Crippen molar-refractivity contribution in [2.45, 2.75) is 4.90 Å². The molecule has 0 aliphatic rings. The molecule has 3 aromatic rings. The molecule has 0 radical (unpaired) electrons. The molecule has 0 saturated carbocycles. The Morgan fingerprint density at radius 1 is 1.14 bits per heavy atom. The largest absolute Gasteiger partial charge is 0.495 e. The second kappa shape index (κ2) is 6.89. The van der Waals surface area contributed by atoms with Gasteiger partial charge >= 0.3 is 0 Å². The van der Waals surface area contributed by atoms with Crippen molar-refractivity contribution in [1.29, 1.82) is 0 Å². The summed E-state index contributed by atoms with van der Waals surface area (Å²) in [5.74, 6) is 2.31. The van der Waals surface area contributed by atoms with Crippen LogP contribution >= 0.6 is 24.2 Å². The molecule has 3 rings (SSSR count). The third kappa shape index (κ3) is 2.71. The molecule has 22 heavy (non-hydrogen) atoms. The fourth-order valence-electron chi connectivity index (χ4n) is 2.27. The van der Waals surface area contributed by atoms with Gasteiger partial charge in [0, 0.05) is 6.20 Å². The van der Waals surface area contributed by atoms with Gasteiger partial charge in [-0.3, -0.25) is 4.98 Å². The summed E-state index contributed by atoms with van der Waals surface area (Å²) in [6.45, 7) is 0. The molecular formula is C15H16ClN3O2S. The van der Waals surface area contributed by atoms with Crippen LogP contribution in [0.2, 0.25) is 0 Å². The van der Waals surface area contributed by atoms with Crippen LogP contribution in [0.5, 0.6) is 11.5 Å². The Morgan fingerprint density at radius 3 is 2.59 bits per heavy atom. The molecule has 0 bridgehead atoms. The van der Waals surface area contributed by atoms with Gasteiger partial charge in [-0.2, -0.15) is 0 Å². The third-order valence-electron chi connectivity index (χ3n) is 3.24. The zero-order chi connectivity index (χ0) is 14.8. The smallest absolute Gasteiger partial charge is 0.147 e. The number of ether oxygens (including phenoxy) is 2. The van der Waals surface area contributed by atoms with Crippen molar-refractivity contribution in [1.82, 2.24) is 15.0 Å². The molecule has 0 saturated heterocycles. The Morgan fingerprint density at radius 2 is 1.95 bits per heavy atom. The lowest BCUT2D eigenvalue weighted by Crippen LogP contribution is -1.95. The summed E-state index contributed by atoms with van der Waals surface area (Å²) >= 11 is 1.58. The van der Waals surface area contributed by atoms with Crippen LogP contribution in [0.25, 0.3) is 22.4 Å². The van der Waals surface area contributed by atoms with Crippen molar-refractivity contribution in [3.05, 3.63) is 30.6 Å². The van der Waals surface area contributed by atoms with Gasteiger partial charge in [-0.25, -0.2) is 4.98 Å². The van der Waals surface area contributed by atoms with Gasteiger partial charge in [0.25, 0.3) is 0 Å². The number of nitrogens with one attached hydrogen (secondary N) is 1. The maximum atomic E-state index is 5.58. The Labute approximate surface area is 138 Å². The van der Waals surface area contributed by atoms with Crippen LogP contribution in [0, 0.1) is 0 Å². The maximum Gasteiger partial charge on any atom is 0.147 e. The van der Waals surface area contributed by atoms with Gasteiger partial charge in [0.05, 0.1) is 36.4 Å². The van der Waals surface area contributed by atoms with Gasteiger partial charge < -0.3 is 14.5 Å². The topological polar surface area (TPSA) is 60.0 Å². The number of thioether (sulfide) groups is 1. The number of hydrogen-bond acceptors (Lipinski definition) is 5. The number of nitrogens with zero attached hydrogens (tertiary/aromatic N) is 2. The minimum atomic E-state index is 0. The number of hydrogen-bond donors (Lipinski definition) is 1. The summed E-state index contributed by atoms with van der Waals surface area (Å²) in [5, 5.41) is 0. The molecule has 2 heterocycles. The fraction of sp³-hybridized carbons (Fsp3) is 0.200. The molecule has 116 valence electrons. The number of aromatic nitrogens is 3. The van der Waals surface area contributed by atoms with Crippen LogP contribution in [0.3, 0.4) is 0 Å². The van der Waals surface area contributed by atoms with E-state index in [0.717, 1.165) is 38.8 Å². The van der Waals surface area contributed by atoms with E-state index in [1.165, 1.54) is 0 Å². The molecule has 0 unspecified atom stereocenters. The van der Waals surface area contributed by atoms with E-state index >= 15 is 0 Å². The van der Waals surface area contributed by atoms with Crippen LogP contribution in [-0.4, -0.2) is 35.4 Å². The second-order valence-corrected chi connectivity index (χ2v) is 5.18. The first kappa shape index (κ1) is 16.5. The van der Waals surface area contributed by atoms with E-state index in [0.29, 0.717) is 0 Å². The van der Waals surface area contributed by atoms with Gasteiger partial charge in [-0.1, -0.05) is 0 Å². The Hall–Kier alpha value is -1.92. The van der Waals surface area contributed by atoms with Crippen molar-refractivity contribution in [2.24, 2.45) is 0 Å². The van der Waals surface area contributed by atoms with E-state index in [2.05, 4.69) is 15.0 Å². The van der Waals surface area contributed by atoms with Gasteiger partial charge in [-0.05, 0) is 24.5 Å². The van der Waals surface area contributed by atoms with E-state index in [1.807, 2.05) is 24.5 Å². The first-order valence-electron chi connectivity index (χ1n) is 6.37. The fourth-order valence-corrected chi connectivity index (χ4v) is 3.00. The maximum absolute atomic E-state index is 5.58. The highest BCUT2D eigenvalue weighted by Gasteiger charge is 2.17. The van der Waals surface area contributed by atoms with Crippen molar-refractivity contribution in [3.8, 4) is 22.9 Å². The highest BCUT2D eigenvalue weighted by molar-refractivity contribution is 7.98. The third-order valence-corrected chi connectivity index (χ3v) is 4.04. The molecule has 1 N–H and O–H groups in total. The quantitative estimate of drug-likeness (QED) is 0.734. The molecule has 1 aromatic carbocycles. The predicted octanol–water partition coefficient (Wildman–Crippen LogP) is 3.79. The van der Waals surface area contributed by atoms with E-state index in [9.17, 15) is 0 Å². The normalized spacial score (nSPS) is 10.3. The van der Waals surface area contributed by atoms with Crippen LogP contribution in [0.4, 0.5) is 0 Å². The first-order chi connectivity index (χ1) is 10.3. The summed E-state index contributed by atoms with van der Waals surface area (Å²) in [5.41, 5.74) is 2.68. The van der Waals surface area contributed by atoms with Crippen molar-refractivity contribution < 1.29 is 9.47 Å². The number of methoxy groups -OCH3 is 2. The summed E-state index contributed by atoms with van der Waals surface area (Å²) in [7, 11) is 3.31. The molecule has 0 fully saturated rings. The number of benzene rings is 1. The standard InChI is InChI=1S/C15H15N3O2S.ClH/c1-19-12-5-4-9(13(20-2)14(12)21-3)15-17-10-6-7-16-8-11(10)18-15;/h4-8H,1-3H3,(H,17,18);1H. The SMILES string of the molecule is COc1ccc(-c2nc3cnccc3[nH]2)c(OC)c1SC.Cl. The zero-order valence-corrected chi connectivity index (χ0v) is 14.0. The monoisotopic (exact) mass is 337 g/mol. The Balaban J connectivity index is 0.00000176. The van der Waals surface area contributed by atoms with Crippen LogP contribution < -0.4 is 9.47 Å². The summed E-state index contributed by atoms with van der Waals surface area (Å²) < 4.78 is 11.0. The summed E-state index contributed by atoms with van der Waals surface area (Å²) in [4.78, 5) is 12.9. The number of imidazole rings is 1. The van der Waals surface area contributed by atoms with Gasteiger partial charge in [0.15, 0.2) is 0 Å². The lowest BCUT2D eigenvalue weighted by molar-refractivity contribution is 0.377. The average Bonchev–Trinajstić information content (AvgIpc) is 2.96. The van der Waals surface area contributed by atoms with E-state index in [1.54, 1.807) is 38.4 Å². The number of pyridine rings is 1. The van der Waals surface area contributed by atoms with Crippen LogP contribution in [0.1, 0.15) is 0 Å². The Kier molecular flexibility index (Phi) is 5.15. The molecule has 0 spiro atoms. The highest BCUT2D eigenvalue weighted by atomic mass is 35.5. The zero-order valence-electron chi connectivity index (χ0n) is 12.4. The minimum absolute atomic E-state index is 0. The summed E-state index contributed by atoms with van der Waals surface area (Å²) in [6, 6.07) is 5.77. The van der Waals surface area contributed by atoms with Crippen LogP contribution in [-0.2, 0) is 0 Å². The minimum Gasteiger partial charge on any atom is -0.495 e. The molecule has 5 nitrogen and oxygen atoms in total. The predicted molar refractivity (Wildman–Crippen MR) is 91.5 cm³/mol. The van der Waals surface area contributed by atoms with E-state index in [4.69, 9.17) is 9.47 Å². The van der Waals surface area contributed by atoms with E-state index in [-0.39, 0.29) is 12.4 Å². The average molecular weight is 338 g/mol. The molecule has 0 aliphatic carbocycles. The first-order valence-corrected chi connectivity index (χ1v) is 7.60. The number of fused-ring (bicyclic) bond motifs is 1. The van der Waals surface area contributed by atoms with Crippen molar-refractivity contribution in [2.75, 3.05) is 20.5 Å². The molecule has 0 atom stereocenters. The molecular weight excluding hydrogens is 322 g/mol. The second-order valence-electron chi connectivity index (χ2n) is 4.36. The van der Waals surface area contributed by atoms with Crippen LogP contribution in [0.15, 0.2) is 35.5 Å². The van der Waals surface area contributed by atoms with Gasteiger partial charge in [0.2, 0.25) is 0 Å². The molecule has 7 heteroatoms. The van der Waals surface area contributed by atoms with Crippen molar-refractivity contribution in [3.63, 3.8) is 0 Å². The number of halogens is 1. The Bertz CT molecular complexity index is 759. The lowest BCUT2D eigenvalue weighted by Gasteiger charge is -2.14. The van der Waals surface area contributed by atoms with Gasteiger partial charge in [0.1, 0.15) is 22.8 Å². The number of aromatic amines is 1. The summed E-state index contributed by atoms with van der Waals surface area (Å²) in [6.07, 6.45) is 5.47. The molecule has 2 aromatic heterocycles. The molecule has 0 amide bonds. The number of H-pyrrole nitrogens is 1. The van der Waals surface area contributed by atoms with E-state index < -0.39 is 0 Å². The van der Waals surface area contributed by atoms with Gasteiger partial charge in [-0.15, -0.1) is 24.2 Å². The number of rotatable bonds is 4. The highest BCUT2D eigenvalue weighted by Crippen LogP contribution is 2.42. The lowest BCUT2D eigenvalue weighted by atomic mass is 10.2.